The Bertz CT molecular complexity index is 439. The van der Waals surface area contributed by atoms with Crippen LogP contribution in [0.5, 0.6) is 0 Å². The molecular weight excluding hydrogens is 258 g/mol. The number of hydrogen-bond acceptors (Lipinski definition) is 3. The standard InChI is InChI=1S/C12H14ClNO2S/c1-8-7-17-10-4-2-3-9(13)12(10)14(8)6-5-11(15)16/h2-4,8H,5-7H2,1H3,(H,15,16). The number of nitrogens with zero attached hydrogens (tertiary/aromatic N) is 1. The second-order valence-corrected chi connectivity index (χ2v) is 5.55. The first-order valence-corrected chi connectivity index (χ1v) is 6.85. The lowest BCUT2D eigenvalue weighted by atomic mass is 10.2. The fraction of sp³-hybridized carbons (Fsp3) is 0.417. The highest BCUT2D eigenvalue weighted by atomic mass is 35.5. The predicted octanol–water partition coefficient (Wildman–Crippen LogP) is 3.12. The van der Waals surface area contributed by atoms with E-state index in [1.807, 2.05) is 18.2 Å². The number of anilines is 1. The number of rotatable bonds is 3. The van der Waals surface area contributed by atoms with Gasteiger partial charge in [0.05, 0.1) is 17.1 Å². The zero-order valence-corrected chi connectivity index (χ0v) is 11.1. The monoisotopic (exact) mass is 271 g/mol. The van der Waals surface area contributed by atoms with Crippen LogP contribution in [-0.4, -0.2) is 29.4 Å². The van der Waals surface area contributed by atoms with Crippen molar-refractivity contribution in [2.24, 2.45) is 0 Å². The van der Waals surface area contributed by atoms with Crippen LogP contribution in [0.2, 0.25) is 5.02 Å². The topological polar surface area (TPSA) is 40.5 Å². The highest BCUT2D eigenvalue weighted by Gasteiger charge is 2.25. The van der Waals surface area contributed by atoms with Crippen molar-refractivity contribution in [1.82, 2.24) is 0 Å². The number of carbonyl (C=O) groups is 1. The lowest BCUT2D eigenvalue weighted by Crippen LogP contribution is -2.39. The molecule has 0 saturated heterocycles. The summed E-state index contributed by atoms with van der Waals surface area (Å²) < 4.78 is 0. The first kappa shape index (κ1) is 12.6. The van der Waals surface area contributed by atoms with E-state index in [0.717, 1.165) is 16.3 Å². The predicted molar refractivity (Wildman–Crippen MR) is 71.2 cm³/mol. The highest BCUT2D eigenvalue weighted by molar-refractivity contribution is 7.99. The van der Waals surface area contributed by atoms with Gasteiger partial charge in [0.2, 0.25) is 0 Å². The van der Waals surface area contributed by atoms with Crippen molar-refractivity contribution in [2.45, 2.75) is 24.3 Å². The summed E-state index contributed by atoms with van der Waals surface area (Å²) in [6.45, 7) is 2.61. The minimum absolute atomic E-state index is 0.139. The van der Waals surface area contributed by atoms with Crippen LogP contribution < -0.4 is 4.90 Å². The summed E-state index contributed by atoms with van der Waals surface area (Å²) in [6.07, 6.45) is 0.139. The van der Waals surface area contributed by atoms with Crippen LogP contribution >= 0.6 is 23.4 Å². The molecule has 0 amide bonds. The Morgan fingerprint density at radius 3 is 3.12 bits per heavy atom. The van der Waals surface area contributed by atoms with Crippen molar-refractivity contribution < 1.29 is 9.90 Å². The lowest BCUT2D eigenvalue weighted by Gasteiger charge is -2.37. The van der Waals surface area contributed by atoms with E-state index in [1.54, 1.807) is 11.8 Å². The zero-order chi connectivity index (χ0) is 12.4. The van der Waals surface area contributed by atoms with Gasteiger partial charge in [0.25, 0.3) is 0 Å². The first-order chi connectivity index (χ1) is 8.09. The minimum Gasteiger partial charge on any atom is -0.481 e. The summed E-state index contributed by atoms with van der Waals surface area (Å²) in [4.78, 5) is 13.9. The van der Waals surface area contributed by atoms with Gasteiger partial charge in [-0.25, -0.2) is 0 Å². The molecule has 1 aromatic rings. The summed E-state index contributed by atoms with van der Waals surface area (Å²) in [5.41, 5.74) is 0.985. The van der Waals surface area contributed by atoms with E-state index in [4.69, 9.17) is 16.7 Å². The van der Waals surface area contributed by atoms with Crippen LogP contribution in [0.4, 0.5) is 5.69 Å². The Balaban J connectivity index is 2.29. The quantitative estimate of drug-likeness (QED) is 0.917. The van der Waals surface area contributed by atoms with Gasteiger partial charge in [-0.3, -0.25) is 4.79 Å². The molecule has 1 atom stereocenters. The van der Waals surface area contributed by atoms with Crippen LogP contribution in [0.25, 0.3) is 0 Å². The molecule has 0 spiro atoms. The Hall–Kier alpha value is -0.870. The van der Waals surface area contributed by atoms with Gasteiger partial charge in [0, 0.05) is 23.2 Å². The zero-order valence-electron chi connectivity index (χ0n) is 9.52. The van der Waals surface area contributed by atoms with E-state index in [1.165, 1.54) is 0 Å². The summed E-state index contributed by atoms with van der Waals surface area (Å²) in [7, 11) is 0. The normalized spacial score (nSPS) is 18.9. The Kier molecular flexibility index (Phi) is 3.84. The van der Waals surface area contributed by atoms with Gasteiger partial charge in [-0.05, 0) is 19.1 Å². The first-order valence-electron chi connectivity index (χ1n) is 5.49. The van der Waals surface area contributed by atoms with E-state index < -0.39 is 5.97 Å². The molecule has 17 heavy (non-hydrogen) atoms. The van der Waals surface area contributed by atoms with Gasteiger partial charge < -0.3 is 10.0 Å². The molecule has 1 unspecified atom stereocenters. The average molecular weight is 272 g/mol. The number of carboxylic acid groups (broad SMARTS) is 1. The van der Waals surface area contributed by atoms with Crippen LogP contribution in [-0.2, 0) is 4.79 Å². The Labute approximate surface area is 110 Å². The summed E-state index contributed by atoms with van der Waals surface area (Å²) in [5, 5.41) is 9.48. The molecule has 0 radical (unpaired) electrons. The highest BCUT2D eigenvalue weighted by Crippen LogP contribution is 2.41. The number of fused-ring (bicyclic) bond motifs is 1. The summed E-state index contributed by atoms with van der Waals surface area (Å²) in [6, 6.07) is 6.13. The number of benzene rings is 1. The molecule has 0 bridgehead atoms. The van der Waals surface area contributed by atoms with Gasteiger partial charge in [0.1, 0.15) is 0 Å². The van der Waals surface area contributed by atoms with Crippen molar-refractivity contribution >= 4 is 35.0 Å². The Morgan fingerprint density at radius 2 is 2.41 bits per heavy atom. The fourth-order valence-electron chi connectivity index (χ4n) is 1.96. The van der Waals surface area contributed by atoms with Crippen LogP contribution in [0.1, 0.15) is 13.3 Å². The van der Waals surface area contributed by atoms with Crippen molar-refractivity contribution in [3.63, 3.8) is 0 Å². The molecule has 0 saturated carbocycles. The molecule has 2 rings (SSSR count). The fourth-order valence-corrected chi connectivity index (χ4v) is 3.44. The summed E-state index contributed by atoms with van der Waals surface area (Å²) >= 11 is 7.99. The number of para-hydroxylation sites is 1. The van der Waals surface area contributed by atoms with E-state index in [2.05, 4.69) is 11.8 Å². The van der Waals surface area contributed by atoms with Gasteiger partial charge in [-0.15, -0.1) is 11.8 Å². The molecule has 1 N–H and O–H groups in total. The number of hydrogen-bond donors (Lipinski definition) is 1. The van der Waals surface area contributed by atoms with Crippen LogP contribution in [0.15, 0.2) is 23.1 Å². The molecule has 0 aliphatic carbocycles. The van der Waals surface area contributed by atoms with Crippen LogP contribution in [0, 0.1) is 0 Å². The van der Waals surface area contributed by atoms with E-state index >= 15 is 0 Å². The molecule has 0 fully saturated rings. The van der Waals surface area contributed by atoms with Gasteiger partial charge in [-0.2, -0.15) is 0 Å². The lowest BCUT2D eigenvalue weighted by molar-refractivity contribution is -0.136. The second-order valence-electron chi connectivity index (χ2n) is 4.08. The molecule has 92 valence electrons. The molecule has 0 aromatic heterocycles. The molecule has 1 aromatic carbocycles. The molecule has 1 aliphatic heterocycles. The van der Waals surface area contributed by atoms with Gasteiger partial charge in [-0.1, -0.05) is 17.7 Å². The maximum absolute atomic E-state index is 10.7. The smallest absolute Gasteiger partial charge is 0.305 e. The van der Waals surface area contributed by atoms with E-state index in [9.17, 15) is 4.79 Å². The van der Waals surface area contributed by atoms with E-state index in [-0.39, 0.29) is 6.42 Å². The Morgan fingerprint density at radius 1 is 1.65 bits per heavy atom. The molecular formula is C12H14ClNO2S. The largest absolute Gasteiger partial charge is 0.481 e. The van der Waals surface area contributed by atoms with Crippen molar-refractivity contribution in [3.8, 4) is 0 Å². The molecule has 3 nitrogen and oxygen atoms in total. The second kappa shape index (κ2) is 5.19. The van der Waals surface area contributed by atoms with E-state index in [0.29, 0.717) is 17.6 Å². The van der Waals surface area contributed by atoms with Crippen molar-refractivity contribution in [2.75, 3.05) is 17.2 Å². The number of thioether (sulfide) groups is 1. The third-order valence-electron chi connectivity index (χ3n) is 2.82. The number of halogens is 1. The number of carboxylic acids is 1. The third-order valence-corrected chi connectivity index (χ3v) is 4.41. The minimum atomic E-state index is -0.774. The molecule has 5 heteroatoms. The van der Waals surface area contributed by atoms with Gasteiger partial charge in [0.15, 0.2) is 0 Å². The number of aliphatic carboxylic acids is 1. The average Bonchev–Trinajstić information content (AvgIpc) is 2.28. The maximum atomic E-state index is 10.7. The maximum Gasteiger partial charge on any atom is 0.305 e. The van der Waals surface area contributed by atoms with Crippen molar-refractivity contribution in [3.05, 3.63) is 23.2 Å². The van der Waals surface area contributed by atoms with Gasteiger partial charge >= 0.3 is 5.97 Å². The third kappa shape index (κ3) is 2.69. The van der Waals surface area contributed by atoms with Crippen LogP contribution in [0.3, 0.4) is 0 Å². The SMILES string of the molecule is CC1CSc2cccc(Cl)c2N1CCC(=O)O. The molecule has 1 heterocycles. The summed E-state index contributed by atoms with van der Waals surface area (Å²) in [5.74, 6) is 0.191. The molecule has 1 aliphatic rings. The van der Waals surface area contributed by atoms with Crippen molar-refractivity contribution in [1.29, 1.82) is 0 Å².